The van der Waals surface area contributed by atoms with Crippen molar-refractivity contribution in [3.63, 3.8) is 0 Å². The van der Waals surface area contributed by atoms with Gasteiger partial charge in [-0.2, -0.15) is 0 Å². The van der Waals surface area contributed by atoms with Crippen LogP contribution in [0, 0.1) is 5.92 Å². The lowest BCUT2D eigenvalue weighted by Crippen LogP contribution is -2.50. The molecule has 0 aliphatic carbocycles. The largest absolute Gasteiger partial charge is 0.481 e. The summed E-state index contributed by atoms with van der Waals surface area (Å²) in [6, 6.07) is 0.385. The van der Waals surface area contributed by atoms with E-state index in [9.17, 15) is 4.79 Å². The molecular weight excluding hydrogens is 232 g/mol. The summed E-state index contributed by atoms with van der Waals surface area (Å²) in [6.45, 7) is 6.04. The van der Waals surface area contributed by atoms with Crippen molar-refractivity contribution in [2.24, 2.45) is 5.92 Å². The number of rotatable bonds is 8. The first-order valence-corrected chi connectivity index (χ1v) is 6.94. The monoisotopic (exact) mass is 258 g/mol. The third-order valence-electron chi connectivity index (χ3n) is 3.46. The van der Waals surface area contributed by atoms with Crippen molar-refractivity contribution in [3.05, 3.63) is 0 Å². The van der Waals surface area contributed by atoms with Crippen LogP contribution >= 0.6 is 0 Å². The van der Waals surface area contributed by atoms with Crippen LogP contribution in [0.4, 0.5) is 0 Å². The Balaban J connectivity index is 2.42. The molecule has 0 saturated carbocycles. The zero-order valence-electron chi connectivity index (χ0n) is 11.3. The van der Waals surface area contributed by atoms with Gasteiger partial charge in [-0.3, -0.25) is 4.79 Å². The number of nitrogens with one attached hydrogen (secondary N) is 1. The number of nitrogens with zero attached hydrogens (tertiary/aromatic N) is 1. The molecule has 0 radical (unpaired) electrons. The number of carboxylic acid groups (broad SMARTS) is 1. The molecule has 1 rings (SSSR count). The Morgan fingerprint density at radius 2 is 2.22 bits per heavy atom. The predicted molar refractivity (Wildman–Crippen MR) is 70.6 cm³/mol. The minimum absolute atomic E-state index is 0.157. The van der Waals surface area contributed by atoms with E-state index in [1.54, 1.807) is 0 Å². The molecule has 5 nitrogen and oxygen atoms in total. The first-order chi connectivity index (χ1) is 8.65. The second kappa shape index (κ2) is 8.45. The van der Waals surface area contributed by atoms with Gasteiger partial charge in [-0.1, -0.05) is 6.92 Å². The highest BCUT2D eigenvalue weighted by Crippen LogP contribution is 2.21. The van der Waals surface area contributed by atoms with Gasteiger partial charge in [-0.05, 0) is 31.7 Å². The van der Waals surface area contributed by atoms with E-state index >= 15 is 0 Å². The van der Waals surface area contributed by atoms with Gasteiger partial charge in [0.15, 0.2) is 0 Å². The minimum atomic E-state index is -0.706. The molecular formula is C13H26N2O3. The molecule has 1 saturated heterocycles. The molecule has 0 aromatic heterocycles. The zero-order valence-corrected chi connectivity index (χ0v) is 11.3. The third kappa shape index (κ3) is 5.80. The molecule has 0 bridgehead atoms. The average Bonchev–Trinajstić information content (AvgIpc) is 2.34. The summed E-state index contributed by atoms with van der Waals surface area (Å²) in [4.78, 5) is 13.0. The molecule has 1 heterocycles. The van der Waals surface area contributed by atoms with E-state index in [2.05, 4.69) is 17.1 Å². The Morgan fingerprint density at radius 3 is 2.83 bits per heavy atom. The van der Waals surface area contributed by atoms with Gasteiger partial charge in [0, 0.05) is 32.1 Å². The number of carbonyl (C=O) groups is 1. The van der Waals surface area contributed by atoms with Crippen molar-refractivity contribution in [1.29, 1.82) is 0 Å². The highest BCUT2D eigenvalue weighted by Gasteiger charge is 2.26. The standard InChI is InChI=1S/C13H26N2O3/c1-2-6-15-9-11(3-4-13(17)18)8-12(10-15)14-5-7-16/h11-12,14,16H,2-10H2,1H3,(H,17,18). The quantitative estimate of drug-likeness (QED) is 0.592. The normalized spacial score (nSPS) is 25.2. The van der Waals surface area contributed by atoms with E-state index in [1.807, 2.05) is 0 Å². The molecule has 2 atom stereocenters. The average molecular weight is 258 g/mol. The van der Waals surface area contributed by atoms with Gasteiger partial charge in [0.2, 0.25) is 0 Å². The summed E-state index contributed by atoms with van der Waals surface area (Å²) in [7, 11) is 0. The highest BCUT2D eigenvalue weighted by atomic mass is 16.4. The second-order valence-electron chi connectivity index (χ2n) is 5.17. The van der Waals surface area contributed by atoms with E-state index in [0.29, 0.717) is 18.5 Å². The first kappa shape index (κ1) is 15.4. The number of piperidine rings is 1. The Bertz CT molecular complexity index is 248. The van der Waals surface area contributed by atoms with Crippen LogP contribution in [0.5, 0.6) is 0 Å². The Kier molecular flexibility index (Phi) is 7.23. The van der Waals surface area contributed by atoms with E-state index in [4.69, 9.17) is 10.2 Å². The maximum Gasteiger partial charge on any atom is 0.303 e. The fourth-order valence-corrected chi connectivity index (χ4v) is 2.75. The van der Waals surface area contributed by atoms with Gasteiger partial charge >= 0.3 is 5.97 Å². The van der Waals surface area contributed by atoms with Gasteiger partial charge in [-0.25, -0.2) is 0 Å². The highest BCUT2D eigenvalue weighted by molar-refractivity contribution is 5.66. The molecule has 1 aliphatic heterocycles. The molecule has 1 fully saturated rings. The van der Waals surface area contributed by atoms with Crippen molar-refractivity contribution < 1.29 is 15.0 Å². The summed E-state index contributed by atoms with van der Waals surface area (Å²) in [6.07, 6.45) is 3.16. The molecule has 0 aromatic carbocycles. The number of hydrogen-bond acceptors (Lipinski definition) is 4. The molecule has 2 unspecified atom stereocenters. The lowest BCUT2D eigenvalue weighted by Gasteiger charge is -2.38. The molecule has 18 heavy (non-hydrogen) atoms. The smallest absolute Gasteiger partial charge is 0.303 e. The molecule has 5 heteroatoms. The maximum absolute atomic E-state index is 10.6. The van der Waals surface area contributed by atoms with Gasteiger partial charge < -0.3 is 20.4 Å². The van der Waals surface area contributed by atoms with Crippen molar-refractivity contribution in [1.82, 2.24) is 10.2 Å². The topological polar surface area (TPSA) is 72.8 Å². The molecule has 106 valence electrons. The van der Waals surface area contributed by atoms with E-state index in [-0.39, 0.29) is 13.0 Å². The van der Waals surface area contributed by atoms with Crippen LogP contribution in [-0.4, -0.2) is 59.9 Å². The van der Waals surface area contributed by atoms with E-state index < -0.39 is 5.97 Å². The van der Waals surface area contributed by atoms with E-state index in [1.165, 1.54) is 0 Å². The maximum atomic E-state index is 10.6. The fourth-order valence-electron chi connectivity index (χ4n) is 2.75. The van der Waals surface area contributed by atoms with Crippen LogP contribution < -0.4 is 5.32 Å². The molecule has 1 aliphatic rings. The van der Waals surface area contributed by atoms with Gasteiger partial charge in [-0.15, -0.1) is 0 Å². The third-order valence-corrected chi connectivity index (χ3v) is 3.46. The van der Waals surface area contributed by atoms with Gasteiger partial charge in [0.25, 0.3) is 0 Å². The summed E-state index contributed by atoms with van der Waals surface area (Å²) in [5.41, 5.74) is 0. The second-order valence-corrected chi connectivity index (χ2v) is 5.17. The van der Waals surface area contributed by atoms with Crippen LogP contribution in [0.3, 0.4) is 0 Å². The van der Waals surface area contributed by atoms with Crippen molar-refractivity contribution in [2.45, 2.75) is 38.6 Å². The number of aliphatic carboxylic acids is 1. The number of likely N-dealkylation sites (tertiary alicyclic amines) is 1. The number of aliphatic hydroxyl groups excluding tert-OH is 1. The number of aliphatic hydroxyl groups is 1. The number of carboxylic acids is 1. The van der Waals surface area contributed by atoms with Crippen LogP contribution in [-0.2, 0) is 4.79 Å². The lowest BCUT2D eigenvalue weighted by molar-refractivity contribution is -0.137. The van der Waals surface area contributed by atoms with Crippen LogP contribution in [0.2, 0.25) is 0 Å². The van der Waals surface area contributed by atoms with Gasteiger partial charge in [0.1, 0.15) is 0 Å². The first-order valence-electron chi connectivity index (χ1n) is 6.94. The fraction of sp³-hybridized carbons (Fsp3) is 0.923. The minimum Gasteiger partial charge on any atom is -0.481 e. The van der Waals surface area contributed by atoms with Crippen molar-refractivity contribution >= 4 is 5.97 Å². The predicted octanol–water partition coefficient (Wildman–Crippen LogP) is 0.534. The van der Waals surface area contributed by atoms with E-state index in [0.717, 1.165) is 38.9 Å². The van der Waals surface area contributed by atoms with Crippen LogP contribution in [0.25, 0.3) is 0 Å². The Labute approximate surface area is 109 Å². The van der Waals surface area contributed by atoms with Crippen LogP contribution in [0.1, 0.15) is 32.6 Å². The SMILES string of the molecule is CCCN1CC(CCC(=O)O)CC(NCCO)C1. The Hall–Kier alpha value is -0.650. The van der Waals surface area contributed by atoms with Crippen molar-refractivity contribution in [3.8, 4) is 0 Å². The summed E-state index contributed by atoms with van der Waals surface area (Å²) >= 11 is 0. The molecule has 0 aromatic rings. The molecule has 3 N–H and O–H groups in total. The Morgan fingerprint density at radius 1 is 1.44 bits per heavy atom. The van der Waals surface area contributed by atoms with Crippen LogP contribution in [0.15, 0.2) is 0 Å². The molecule has 0 spiro atoms. The summed E-state index contributed by atoms with van der Waals surface area (Å²) in [5, 5.41) is 21.0. The summed E-state index contributed by atoms with van der Waals surface area (Å²) < 4.78 is 0. The van der Waals surface area contributed by atoms with Crippen molar-refractivity contribution in [2.75, 3.05) is 32.8 Å². The van der Waals surface area contributed by atoms with Gasteiger partial charge in [0.05, 0.1) is 6.61 Å². The lowest BCUT2D eigenvalue weighted by atomic mass is 9.90. The molecule has 0 amide bonds. The number of hydrogen-bond donors (Lipinski definition) is 3. The summed E-state index contributed by atoms with van der Waals surface area (Å²) in [5.74, 6) is -0.250. The zero-order chi connectivity index (χ0) is 13.4.